The Balaban J connectivity index is 1.45. The largest absolute Gasteiger partial charge is 0.456 e. The summed E-state index contributed by atoms with van der Waals surface area (Å²) in [5.41, 5.74) is 2.56. The second kappa shape index (κ2) is 7.05. The molecule has 1 amide bonds. The molecule has 2 aromatic heterocycles. The van der Waals surface area contributed by atoms with Crippen LogP contribution in [0.15, 0.2) is 33.9 Å². The average Bonchev–Trinajstić information content (AvgIpc) is 3.41. The van der Waals surface area contributed by atoms with Crippen molar-refractivity contribution in [1.29, 1.82) is 0 Å². The van der Waals surface area contributed by atoms with E-state index in [9.17, 15) is 13.2 Å². The highest BCUT2D eigenvalue weighted by molar-refractivity contribution is 8.26. The number of carbonyl (C=O) groups excluding carboxylic acids is 1. The molecule has 10 heteroatoms. The number of pyridine rings is 1. The van der Waals surface area contributed by atoms with Crippen LogP contribution in [0.5, 0.6) is 0 Å². The summed E-state index contributed by atoms with van der Waals surface area (Å²) in [6, 6.07) is 1.83. The lowest BCUT2D eigenvalue weighted by Gasteiger charge is -2.25. The molecule has 1 N–H and O–H groups in total. The SMILES string of the molecule is O=C1NC(=S)S/C1=C/c1cc2cncc(C3=CCN(S(=O)(=O)C4CC4)CC3)c2o1. The van der Waals surface area contributed by atoms with Crippen LogP contribution in [0.1, 0.15) is 30.6 Å². The van der Waals surface area contributed by atoms with Gasteiger partial charge in [0, 0.05) is 42.5 Å². The smallest absolute Gasteiger partial charge is 0.263 e. The molecule has 4 heterocycles. The first-order valence-electron chi connectivity index (χ1n) is 9.22. The summed E-state index contributed by atoms with van der Waals surface area (Å²) in [5.74, 6) is 0.316. The van der Waals surface area contributed by atoms with Gasteiger partial charge in [-0.25, -0.2) is 8.42 Å². The predicted octanol–water partition coefficient (Wildman–Crippen LogP) is 2.90. The van der Waals surface area contributed by atoms with E-state index in [1.165, 1.54) is 11.8 Å². The number of thiocarbonyl (C=S) groups is 1. The van der Waals surface area contributed by atoms with Gasteiger partial charge in [0.05, 0.1) is 10.2 Å². The fraction of sp³-hybridized carbons (Fsp3) is 0.316. The van der Waals surface area contributed by atoms with Crippen LogP contribution in [-0.4, -0.2) is 46.3 Å². The normalized spacial score (nSPS) is 22.3. The van der Waals surface area contributed by atoms with Gasteiger partial charge in [0.25, 0.3) is 5.91 Å². The van der Waals surface area contributed by atoms with E-state index in [-0.39, 0.29) is 11.2 Å². The first-order chi connectivity index (χ1) is 13.9. The number of thioether (sulfide) groups is 1. The molecule has 29 heavy (non-hydrogen) atoms. The zero-order valence-corrected chi connectivity index (χ0v) is 17.7. The van der Waals surface area contributed by atoms with Crippen molar-refractivity contribution < 1.29 is 17.6 Å². The van der Waals surface area contributed by atoms with E-state index in [2.05, 4.69) is 10.3 Å². The van der Waals surface area contributed by atoms with Crippen LogP contribution < -0.4 is 5.32 Å². The van der Waals surface area contributed by atoms with Crippen molar-refractivity contribution in [2.45, 2.75) is 24.5 Å². The molecule has 2 aliphatic heterocycles. The molecule has 1 aliphatic carbocycles. The molecule has 3 aliphatic rings. The third-order valence-electron chi connectivity index (χ3n) is 5.18. The van der Waals surface area contributed by atoms with E-state index < -0.39 is 10.0 Å². The van der Waals surface area contributed by atoms with Crippen molar-refractivity contribution in [3.8, 4) is 0 Å². The molecule has 0 aromatic carbocycles. The minimum Gasteiger partial charge on any atom is -0.456 e. The number of nitrogens with one attached hydrogen (secondary N) is 1. The second-order valence-corrected chi connectivity index (χ2v) is 11.1. The van der Waals surface area contributed by atoms with Crippen LogP contribution in [0.25, 0.3) is 22.6 Å². The van der Waals surface area contributed by atoms with Crippen molar-refractivity contribution in [3.63, 3.8) is 0 Å². The molecule has 2 aromatic rings. The number of fused-ring (bicyclic) bond motifs is 1. The number of hydrogen-bond donors (Lipinski definition) is 1. The molecule has 7 nitrogen and oxygen atoms in total. The minimum atomic E-state index is -3.16. The van der Waals surface area contributed by atoms with Gasteiger partial charge in [-0.2, -0.15) is 4.31 Å². The monoisotopic (exact) mass is 447 g/mol. The lowest BCUT2D eigenvalue weighted by Crippen LogP contribution is -2.36. The number of hydrogen-bond acceptors (Lipinski definition) is 7. The Morgan fingerprint density at radius 3 is 2.83 bits per heavy atom. The fourth-order valence-electron chi connectivity index (χ4n) is 3.54. The molecule has 0 atom stereocenters. The highest BCUT2D eigenvalue weighted by Crippen LogP contribution is 2.35. The third kappa shape index (κ3) is 3.54. The van der Waals surface area contributed by atoms with Crippen LogP contribution in [0.2, 0.25) is 0 Å². The van der Waals surface area contributed by atoms with Crippen LogP contribution in [0, 0.1) is 0 Å². The van der Waals surface area contributed by atoms with Crippen LogP contribution in [0.3, 0.4) is 0 Å². The molecular weight excluding hydrogens is 430 g/mol. The van der Waals surface area contributed by atoms with Gasteiger partial charge < -0.3 is 9.73 Å². The molecule has 1 saturated carbocycles. The highest BCUT2D eigenvalue weighted by Gasteiger charge is 2.40. The van der Waals surface area contributed by atoms with E-state index in [4.69, 9.17) is 16.6 Å². The molecule has 150 valence electrons. The summed E-state index contributed by atoms with van der Waals surface area (Å²) >= 11 is 6.21. The van der Waals surface area contributed by atoms with Crippen LogP contribution in [0.4, 0.5) is 0 Å². The maximum atomic E-state index is 12.4. The van der Waals surface area contributed by atoms with Crippen LogP contribution >= 0.6 is 24.0 Å². The van der Waals surface area contributed by atoms with Gasteiger partial charge in [-0.15, -0.1) is 0 Å². The van der Waals surface area contributed by atoms with Crippen LogP contribution in [-0.2, 0) is 14.8 Å². The molecule has 0 bridgehead atoms. The molecular formula is C19H17N3O4S3. The standard InChI is InChI=1S/C19H17N3O4S3/c23-18-16(28-19(27)21-18)8-13-7-12-9-20-10-15(17(12)26-13)11-3-5-22(6-4-11)29(24,25)14-1-2-14/h3,7-10,14H,1-2,4-6H2,(H,21,23,27)/b16-8+. The van der Waals surface area contributed by atoms with E-state index in [1.54, 1.807) is 22.8 Å². The molecule has 2 fully saturated rings. The second-order valence-electron chi connectivity index (χ2n) is 7.19. The van der Waals surface area contributed by atoms with Crippen molar-refractivity contribution in [2.24, 2.45) is 0 Å². The lowest BCUT2D eigenvalue weighted by molar-refractivity contribution is -0.115. The minimum absolute atomic E-state index is 0.193. The number of rotatable bonds is 4. The Labute approximate surface area is 177 Å². The van der Waals surface area contributed by atoms with Gasteiger partial charge in [0.15, 0.2) is 0 Å². The lowest BCUT2D eigenvalue weighted by atomic mass is 10.0. The number of sulfonamides is 1. The summed E-state index contributed by atoms with van der Waals surface area (Å²) in [4.78, 5) is 16.7. The zero-order chi connectivity index (χ0) is 20.2. The Morgan fingerprint density at radius 1 is 1.34 bits per heavy atom. The van der Waals surface area contributed by atoms with E-state index in [1.807, 2.05) is 12.1 Å². The summed E-state index contributed by atoms with van der Waals surface area (Å²) < 4.78 is 32.9. The quantitative estimate of drug-likeness (QED) is 0.569. The number of amides is 1. The number of carbonyl (C=O) groups is 1. The summed E-state index contributed by atoms with van der Waals surface area (Å²) in [7, 11) is -3.16. The molecule has 0 radical (unpaired) electrons. The van der Waals surface area contributed by atoms with Crippen molar-refractivity contribution in [2.75, 3.05) is 13.1 Å². The Morgan fingerprint density at radius 2 is 2.17 bits per heavy atom. The molecule has 1 saturated heterocycles. The van der Waals surface area contributed by atoms with Gasteiger partial charge in [-0.1, -0.05) is 30.1 Å². The fourth-order valence-corrected chi connectivity index (χ4v) is 6.34. The summed E-state index contributed by atoms with van der Waals surface area (Å²) in [5, 5.41) is 3.22. The number of aromatic nitrogens is 1. The summed E-state index contributed by atoms with van der Waals surface area (Å²) in [6.07, 6.45) is 9.21. The van der Waals surface area contributed by atoms with Gasteiger partial charge in [-0.05, 0) is 30.9 Å². The van der Waals surface area contributed by atoms with E-state index in [0.717, 1.165) is 29.4 Å². The van der Waals surface area contributed by atoms with Gasteiger partial charge >= 0.3 is 0 Å². The average molecular weight is 448 g/mol. The first-order valence-corrected chi connectivity index (χ1v) is 12.0. The van der Waals surface area contributed by atoms with E-state index in [0.29, 0.717) is 40.1 Å². The molecule has 0 unspecified atom stereocenters. The maximum Gasteiger partial charge on any atom is 0.263 e. The molecule has 0 spiro atoms. The Bertz CT molecular complexity index is 1210. The first kappa shape index (κ1) is 19.0. The maximum absolute atomic E-state index is 12.4. The molecule has 5 rings (SSSR count). The van der Waals surface area contributed by atoms with Gasteiger partial charge in [0.1, 0.15) is 15.7 Å². The zero-order valence-electron chi connectivity index (χ0n) is 15.3. The van der Waals surface area contributed by atoms with Gasteiger partial charge in [0.2, 0.25) is 10.0 Å². The van der Waals surface area contributed by atoms with Gasteiger partial charge in [-0.3, -0.25) is 9.78 Å². The Hall–Kier alpha value is -2.01. The highest BCUT2D eigenvalue weighted by atomic mass is 32.2. The number of nitrogens with zero attached hydrogens (tertiary/aromatic N) is 2. The number of furan rings is 1. The van der Waals surface area contributed by atoms with Crippen molar-refractivity contribution in [1.82, 2.24) is 14.6 Å². The third-order valence-corrected chi connectivity index (χ3v) is 8.71. The predicted molar refractivity (Wildman–Crippen MR) is 116 cm³/mol. The summed E-state index contributed by atoms with van der Waals surface area (Å²) in [6.45, 7) is 0.837. The van der Waals surface area contributed by atoms with Crippen molar-refractivity contribution >= 4 is 66.8 Å². The van der Waals surface area contributed by atoms with E-state index >= 15 is 0 Å². The van der Waals surface area contributed by atoms with Crippen molar-refractivity contribution in [3.05, 3.63) is 40.8 Å². The topological polar surface area (TPSA) is 92.5 Å². The Kier molecular flexibility index (Phi) is 4.61.